The van der Waals surface area contributed by atoms with Gasteiger partial charge in [-0.1, -0.05) is 0 Å². The average molecular weight is 425 g/mol. The number of hydrogen-bond donors (Lipinski definition) is 2. The lowest BCUT2D eigenvalue weighted by Crippen LogP contribution is -2.21. The number of nitrogens with two attached hydrogens (primary N) is 1. The van der Waals surface area contributed by atoms with Crippen molar-refractivity contribution in [1.82, 2.24) is 0 Å². The fraction of sp³-hybridized carbons (Fsp3) is 0.375. The molecule has 0 aromatic heterocycles. The second-order valence-electron chi connectivity index (χ2n) is 4.82. The van der Waals surface area contributed by atoms with Gasteiger partial charge in [-0.2, -0.15) is 13.2 Å². The van der Waals surface area contributed by atoms with E-state index in [2.05, 4.69) is 9.47 Å². The Morgan fingerprint density at radius 3 is 1.79 bits per heavy atom. The fourth-order valence-electron chi connectivity index (χ4n) is 1.42. The predicted molar refractivity (Wildman–Crippen MR) is 88.5 cm³/mol. The highest BCUT2D eigenvalue weighted by Crippen LogP contribution is 2.28. The van der Waals surface area contributed by atoms with Crippen LogP contribution in [0, 0.1) is 0 Å². The molecule has 3 N–H and O–H groups in total. The first kappa shape index (κ1) is 25.6. The highest BCUT2D eigenvalue weighted by molar-refractivity contribution is 5.98. The second kappa shape index (κ2) is 12.2. The van der Waals surface area contributed by atoms with Crippen LogP contribution in [0.15, 0.2) is 18.2 Å². The summed E-state index contributed by atoms with van der Waals surface area (Å²) in [5, 5.41) is 7.12. The number of ether oxygens (including phenoxy) is 4. The lowest BCUT2D eigenvalue weighted by Gasteiger charge is -2.12. The molecule has 29 heavy (non-hydrogen) atoms. The molecule has 0 unspecified atom stereocenters. The molecule has 0 aliphatic rings. The van der Waals surface area contributed by atoms with E-state index in [1.54, 1.807) is 0 Å². The van der Waals surface area contributed by atoms with E-state index in [4.69, 9.17) is 25.1 Å². The number of carboxylic acids is 1. The van der Waals surface area contributed by atoms with Gasteiger partial charge in [-0.25, -0.2) is 14.4 Å². The molecule has 10 nitrogen and oxygen atoms in total. The number of esters is 2. The Labute approximate surface area is 162 Å². The molecule has 0 aliphatic carbocycles. The maximum Gasteiger partial charge on any atom is 0.490 e. The average Bonchev–Trinajstić information content (AvgIpc) is 2.69. The summed E-state index contributed by atoms with van der Waals surface area (Å²) in [4.78, 5) is 42.7. The SMILES string of the molecule is COC(=O)COc1ccc(C(=O)CN)cc1OCC(=O)OC.O=C(O)C(F)(F)F. The van der Waals surface area contributed by atoms with Crippen LogP contribution in [0.3, 0.4) is 0 Å². The van der Waals surface area contributed by atoms with Gasteiger partial charge in [0.15, 0.2) is 30.5 Å². The molecule has 162 valence electrons. The molecule has 0 saturated heterocycles. The maximum absolute atomic E-state index is 11.6. The third-order valence-electron chi connectivity index (χ3n) is 2.84. The van der Waals surface area contributed by atoms with Crippen molar-refractivity contribution < 1.29 is 56.4 Å². The number of carboxylic acid groups (broad SMARTS) is 1. The minimum absolute atomic E-state index is 0.119. The molecule has 0 amide bonds. The summed E-state index contributed by atoms with van der Waals surface area (Å²) in [7, 11) is 2.44. The van der Waals surface area contributed by atoms with Crippen LogP contribution in [0.5, 0.6) is 11.5 Å². The van der Waals surface area contributed by atoms with Crippen LogP contribution in [-0.2, 0) is 23.9 Å². The Balaban J connectivity index is 0.000000956. The molecule has 0 heterocycles. The van der Waals surface area contributed by atoms with Crippen LogP contribution in [0.4, 0.5) is 13.2 Å². The molecule has 13 heteroatoms. The molecule has 1 rings (SSSR count). The van der Waals surface area contributed by atoms with Crippen LogP contribution in [-0.4, -0.2) is 69.0 Å². The van der Waals surface area contributed by atoms with Gasteiger partial charge >= 0.3 is 24.1 Å². The summed E-state index contributed by atoms with van der Waals surface area (Å²) < 4.78 is 51.1. The number of carbonyl (C=O) groups is 4. The van der Waals surface area contributed by atoms with Gasteiger partial charge in [0.25, 0.3) is 0 Å². The summed E-state index contributed by atoms with van der Waals surface area (Å²) in [5.41, 5.74) is 5.59. The lowest BCUT2D eigenvalue weighted by molar-refractivity contribution is -0.192. The van der Waals surface area contributed by atoms with E-state index in [9.17, 15) is 27.6 Å². The Morgan fingerprint density at radius 2 is 1.41 bits per heavy atom. The topological polar surface area (TPSA) is 151 Å². The second-order valence-corrected chi connectivity index (χ2v) is 4.82. The number of halogens is 3. The van der Waals surface area contributed by atoms with Gasteiger partial charge in [-0.3, -0.25) is 4.79 Å². The summed E-state index contributed by atoms with van der Waals surface area (Å²) in [6.45, 7) is -0.876. The molecule has 0 radical (unpaired) electrons. The van der Waals surface area contributed by atoms with Gasteiger partial charge < -0.3 is 29.8 Å². The number of ketones is 1. The van der Waals surface area contributed by atoms with Crippen LogP contribution >= 0.6 is 0 Å². The van der Waals surface area contributed by atoms with Crippen molar-refractivity contribution >= 4 is 23.7 Å². The van der Waals surface area contributed by atoms with Crippen LogP contribution in [0.2, 0.25) is 0 Å². The number of methoxy groups -OCH3 is 2. The van der Waals surface area contributed by atoms with Crippen molar-refractivity contribution in [1.29, 1.82) is 0 Å². The van der Waals surface area contributed by atoms with Crippen molar-refractivity contribution in [3.8, 4) is 11.5 Å². The van der Waals surface area contributed by atoms with E-state index in [1.165, 1.54) is 32.4 Å². The zero-order chi connectivity index (χ0) is 22.6. The number of hydrogen-bond acceptors (Lipinski definition) is 9. The lowest BCUT2D eigenvalue weighted by atomic mass is 10.1. The first-order chi connectivity index (χ1) is 13.5. The third kappa shape index (κ3) is 9.95. The van der Waals surface area contributed by atoms with Crippen LogP contribution in [0.1, 0.15) is 10.4 Å². The Kier molecular flexibility index (Phi) is 10.8. The summed E-state index contributed by atoms with van der Waals surface area (Å²) in [6.07, 6.45) is -5.08. The van der Waals surface area contributed by atoms with Crippen LogP contribution in [0.25, 0.3) is 0 Å². The van der Waals surface area contributed by atoms with E-state index in [0.29, 0.717) is 5.56 Å². The standard InChI is InChI=1S/C14H17NO7.C2HF3O2/c1-19-13(17)7-21-11-4-3-9(10(16)6-15)5-12(11)22-8-14(18)20-2;3-2(4,5)1(6)7/h3-5H,6-8,15H2,1-2H3;(H,6,7). The number of benzene rings is 1. The van der Waals surface area contributed by atoms with E-state index in [0.717, 1.165) is 0 Å². The van der Waals surface area contributed by atoms with Gasteiger partial charge in [0.1, 0.15) is 0 Å². The molecule has 0 bridgehead atoms. The Hall–Kier alpha value is -3.35. The van der Waals surface area contributed by atoms with Gasteiger partial charge in [0.2, 0.25) is 0 Å². The number of carbonyl (C=O) groups excluding carboxylic acids is 3. The normalized spacial score (nSPS) is 10.1. The largest absolute Gasteiger partial charge is 0.490 e. The first-order valence-electron chi connectivity index (χ1n) is 7.52. The predicted octanol–water partition coefficient (Wildman–Crippen LogP) is 0.565. The zero-order valence-electron chi connectivity index (χ0n) is 15.3. The van der Waals surface area contributed by atoms with Crippen molar-refractivity contribution in [3.05, 3.63) is 23.8 Å². The van der Waals surface area contributed by atoms with Gasteiger partial charge in [-0.15, -0.1) is 0 Å². The minimum Gasteiger partial charge on any atom is -0.478 e. The van der Waals surface area contributed by atoms with E-state index < -0.39 is 24.1 Å². The summed E-state index contributed by atoms with van der Waals surface area (Å²) in [5.74, 6) is -3.94. The summed E-state index contributed by atoms with van der Waals surface area (Å²) in [6, 6.07) is 4.30. The third-order valence-corrected chi connectivity index (χ3v) is 2.84. The molecular weight excluding hydrogens is 407 g/mol. The molecule has 1 aromatic rings. The maximum atomic E-state index is 11.6. The van der Waals surface area contributed by atoms with E-state index in [1.807, 2.05) is 0 Å². The zero-order valence-corrected chi connectivity index (χ0v) is 15.3. The molecule has 0 fully saturated rings. The first-order valence-corrected chi connectivity index (χ1v) is 7.52. The van der Waals surface area contributed by atoms with Gasteiger partial charge in [0.05, 0.1) is 20.8 Å². The Morgan fingerprint density at radius 1 is 0.966 bits per heavy atom. The molecule has 0 aliphatic heterocycles. The number of Topliss-reactive ketones (excluding diaryl/α,β-unsaturated/α-hetero) is 1. The quantitative estimate of drug-likeness (QED) is 0.446. The van der Waals surface area contributed by atoms with Crippen molar-refractivity contribution in [3.63, 3.8) is 0 Å². The van der Waals surface area contributed by atoms with Crippen molar-refractivity contribution in [2.24, 2.45) is 5.73 Å². The fourth-order valence-corrected chi connectivity index (χ4v) is 1.42. The van der Waals surface area contributed by atoms with Gasteiger partial charge in [-0.05, 0) is 18.2 Å². The highest BCUT2D eigenvalue weighted by atomic mass is 19.4. The molecule has 1 aromatic carbocycles. The van der Waals surface area contributed by atoms with E-state index >= 15 is 0 Å². The van der Waals surface area contributed by atoms with Gasteiger partial charge in [0, 0.05) is 5.56 Å². The van der Waals surface area contributed by atoms with E-state index in [-0.39, 0.29) is 37.0 Å². The molecule has 0 saturated carbocycles. The smallest absolute Gasteiger partial charge is 0.478 e. The molecule has 0 atom stereocenters. The number of alkyl halides is 3. The highest BCUT2D eigenvalue weighted by Gasteiger charge is 2.38. The Bertz CT molecular complexity index is 735. The number of rotatable bonds is 8. The van der Waals surface area contributed by atoms with Crippen molar-refractivity contribution in [2.75, 3.05) is 34.0 Å². The molecular formula is C16H18F3NO9. The van der Waals surface area contributed by atoms with Crippen LogP contribution < -0.4 is 15.2 Å². The molecule has 0 spiro atoms. The van der Waals surface area contributed by atoms with Crippen molar-refractivity contribution in [2.45, 2.75) is 6.18 Å². The number of aliphatic carboxylic acids is 1. The summed E-state index contributed by atoms with van der Waals surface area (Å²) >= 11 is 0. The minimum atomic E-state index is -5.08. The monoisotopic (exact) mass is 425 g/mol.